The zero-order chi connectivity index (χ0) is 23.5. The molecule has 0 radical (unpaired) electrons. The molecule has 0 spiro atoms. The number of ketones is 1. The second-order valence-corrected chi connectivity index (χ2v) is 8.66. The lowest BCUT2D eigenvalue weighted by Gasteiger charge is -2.24. The van der Waals surface area contributed by atoms with Crippen molar-refractivity contribution in [3.8, 4) is 0 Å². The number of rotatable bonds is 10. The van der Waals surface area contributed by atoms with Crippen LogP contribution >= 0.6 is 15.9 Å². The van der Waals surface area contributed by atoms with Crippen LogP contribution in [-0.4, -0.2) is 46.9 Å². The third-order valence-electron chi connectivity index (χ3n) is 5.42. The third-order valence-corrected chi connectivity index (χ3v) is 6.09. The number of halogens is 1. The SMILES string of the molecule is CCCCCCCC(=O)OCC.O=C(O)C1=C2C=C(Br)C(C(=O)c3ccccc3)N2CC1. The second kappa shape index (κ2) is 13.2. The van der Waals surface area contributed by atoms with Crippen LogP contribution in [-0.2, 0) is 14.3 Å². The fourth-order valence-electron chi connectivity index (χ4n) is 3.80. The summed E-state index contributed by atoms with van der Waals surface area (Å²) in [5, 5.41) is 9.17. The number of carbonyl (C=O) groups excluding carboxylic acids is 2. The van der Waals surface area contributed by atoms with Gasteiger partial charge in [0, 0.05) is 28.7 Å². The van der Waals surface area contributed by atoms with Crippen molar-refractivity contribution >= 4 is 33.7 Å². The van der Waals surface area contributed by atoms with Gasteiger partial charge in [-0.1, -0.05) is 78.9 Å². The fraction of sp³-hybridized carbons (Fsp3) is 0.480. The van der Waals surface area contributed by atoms with Crippen molar-refractivity contribution in [3.63, 3.8) is 0 Å². The molecule has 2 aliphatic heterocycles. The van der Waals surface area contributed by atoms with Gasteiger partial charge in [-0.05, 0) is 25.8 Å². The Bertz CT molecular complexity index is 862. The molecule has 7 heteroatoms. The lowest BCUT2D eigenvalue weighted by atomic mass is 10.0. The number of hydrogen-bond acceptors (Lipinski definition) is 5. The molecule has 0 saturated carbocycles. The molecule has 0 amide bonds. The van der Waals surface area contributed by atoms with Crippen LogP contribution in [0.1, 0.15) is 69.2 Å². The van der Waals surface area contributed by atoms with E-state index in [1.807, 2.05) is 30.0 Å². The van der Waals surface area contributed by atoms with E-state index < -0.39 is 12.0 Å². The van der Waals surface area contributed by atoms with Crippen LogP contribution in [0.3, 0.4) is 0 Å². The first-order chi connectivity index (χ1) is 15.4. The number of carbonyl (C=O) groups is 3. The Hall–Kier alpha value is -2.41. The number of allylic oxidation sites excluding steroid dienone is 1. The molecule has 0 aromatic heterocycles. The Morgan fingerprint density at radius 2 is 1.78 bits per heavy atom. The molecule has 3 rings (SSSR count). The van der Waals surface area contributed by atoms with Crippen LogP contribution in [0, 0.1) is 0 Å². The normalized spacial score (nSPS) is 16.8. The molecule has 0 fully saturated rings. The smallest absolute Gasteiger partial charge is 0.333 e. The summed E-state index contributed by atoms with van der Waals surface area (Å²) in [6, 6.07) is 8.62. The topological polar surface area (TPSA) is 83.9 Å². The number of carboxylic acids is 1. The number of carboxylic acid groups (broad SMARTS) is 1. The molecule has 174 valence electrons. The minimum atomic E-state index is -0.910. The number of unbranched alkanes of at least 4 members (excludes halogenated alkanes) is 4. The largest absolute Gasteiger partial charge is 0.478 e. The monoisotopic (exact) mass is 505 g/mol. The van der Waals surface area contributed by atoms with E-state index in [1.165, 1.54) is 19.3 Å². The zero-order valence-electron chi connectivity index (χ0n) is 18.8. The highest BCUT2D eigenvalue weighted by atomic mass is 79.9. The van der Waals surface area contributed by atoms with E-state index in [0.29, 0.717) is 42.8 Å². The Balaban J connectivity index is 0.000000262. The fourth-order valence-corrected chi connectivity index (χ4v) is 4.47. The average Bonchev–Trinajstić information content (AvgIpc) is 3.32. The molecule has 32 heavy (non-hydrogen) atoms. The second-order valence-electron chi connectivity index (χ2n) is 7.74. The van der Waals surface area contributed by atoms with Gasteiger partial charge in [0.2, 0.25) is 0 Å². The Labute approximate surface area is 198 Å². The minimum Gasteiger partial charge on any atom is -0.478 e. The van der Waals surface area contributed by atoms with Gasteiger partial charge < -0.3 is 14.7 Å². The highest BCUT2D eigenvalue weighted by molar-refractivity contribution is 9.11. The lowest BCUT2D eigenvalue weighted by Crippen LogP contribution is -2.35. The van der Waals surface area contributed by atoms with Gasteiger partial charge in [0.15, 0.2) is 5.78 Å². The van der Waals surface area contributed by atoms with E-state index in [1.54, 1.807) is 18.2 Å². The van der Waals surface area contributed by atoms with Gasteiger partial charge in [-0.3, -0.25) is 9.59 Å². The van der Waals surface area contributed by atoms with E-state index in [0.717, 1.165) is 17.3 Å². The minimum absolute atomic E-state index is 0.0182. The molecule has 1 N–H and O–H groups in total. The molecule has 1 aromatic rings. The first-order valence-corrected chi connectivity index (χ1v) is 12.0. The number of ether oxygens (including phenoxy) is 1. The predicted molar refractivity (Wildman–Crippen MR) is 128 cm³/mol. The van der Waals surface area contributed by atoms with Gasteiger partial charge in [0.05, 0.1) is 12.2 Å². The molecule has 2 aliphatic rings. The first kappa shape index (κ1) is 25.8. The van der Waals surface area contributed by atoms with Crippen molar-refractivity contribution in [1.29, 1.82) is 0 Å². The van der Waals surface area contributed by atoms with E-state index in [4.69, 9.17) is 4.74 Å². The number of benzene rings is 1. The number of esters is 1. The Morgan fingerprint density at radius 3 is 2.41 bits per heavy atom. The number of fused-ring (bicyclic) bond motifs is 1. The van der Waals surface area contributed by atoms with Crippen molar-refractivity contribution in [1.82, 2.24) is 4.90 Å². The predicted octanol–water partition coefficient (Wildman–Crippen LogP) is 5.48. The number of hydrogen-bond donors (Lipinski definition) is 1. The highest BCUT2D eigenvalue weighted by Crippen LogP contribution is 2.39. The summed E-state index contributed by atoms with van der Waals surface area (Å²) >= 11 is 3.41. The van der Waals surface area contributed by atoms with E-state index in [2.05, 4.69) is 22.9 Å². The van der Waals surface area contributed by atoms with Crippen LogP contribution in [0.5, 0.6) is 0 Å². The quantitative estimate of drug-likeness (QED) is 0.257. The van der Waals surface area contributed by atoms with Gasteiger partial charge in [0.25, 0.3) is 0 Å². The molecular weight excluding hydrogens is 474 g/mol. The van der Waals surface area contributed by atoms with Gasteiger partial charge >= 0.3 is 11.9 Å². The summed E-state index contributed by atoms with van der Waals surface area (Å²) in [5.74, 6) is -0.976. The summed E-state index contributed by atoms with van der Waals surface area (Å²) in [4.78, 5) is 36.5. The van der Waals surface area contributed by atoms with Gasteiger partial charge in [-0.15, -0.1) is 0 Å². The van der Waals surface area contributed by atoms with Crippen LogP contribution in [0.4, 0.5) is 0 Å². The first-order valence-electron chi connectivity index (χ1n) is 11.3. The molecule has 0 aliphatic carbocycles. The Kier molecular flexibility index (Phi) is 10.7. The van der Waals surface area contributed by atoms with Crippen LogP contribution in [0.25, 0.3) is 0 Å². The lowest BCUT2D eigenvalue weighted by molar-refractivity contribution is -0.143. The molecule has 1 unspecified atom stereocenters. The standard InChI is InChI=1S/C15H12BrNO3.C10H20O2/c16-11-8-12-10(15(19)20)6-7-17(12)13(11)14(18)9-4-2-1-3-5-9;1-3-5-6-7-8-9-10(11)12-4-2/h1-5,8,13H,6-7H2,(H,19,20);3-9H2,1-2H3. The molecule has 1 aromatic carbocycles. The summed E-state index contributed by atoms with van der Waals surface area (Å²) in [5.41, 5.74) is 1.66. The maximum atomic E-state index is 12.6. The summed E-state index contributed by atoms with van der Waals surface area (Å²) in [6.07, 6.45) is 8.74. The summed E-state index contributed by atoms with van der Waals surface area (Å²) in [7, 11) is 0. The average molecular weight is 506 g/mol. The van der Waals surface area contributed by atoms with Gasteiger partial charge in [-0.2, -0.15) is 0 Å². The maximum absolute atomic E-state index is 12.6. The summed E-state index contributed by atoms with van der Waals surface area (Å²) in [6.45, 7) is 5.10. The number of nitrogens with zero attached hydrogens (tertiary/aromatic N) is 1. The van der Waals surface area contributed by atoms with Crippen LogP contribution in [0.15, 0.2) is 52.2 Å². The van der Waals surface area contributed by atoms with Crippen molar-refractivity contribution in [2.24, 2.45) is 0 Å². The molecular formula is C25H32BrNO5. The molecule has 0 saturated heterocycles. The number of aliphatic carboxylic acids is 1. The van der Waals surface area contributed by atoms with E-state index in [9.17, 15) is 19.5 Å². The van der Waals surface area contributed by atoms with Gasteiger partial charge in [0.1, 0.15) is 6.04 Å². The van der Waals surface area contributed by atoms with Crippen molar-refractivity contribution in [3.05, 3.63) is 57.7 Å². The third kappa shape index (κ3) is 7.05. The van der Waals surface area contributed by atoms with Crippen molar-refractivity contribution in [2.75, 3.05) is 13.2 Å². The maximum Gasteiger partial charge on any atom is 0.333 e. The van der Waals surface area contributed by atoms with Gasteiger partial charge in [-0.25, -0.2) is 4.79 Å². The number of Topliss-reactive ketones (excluding diaryl/α,β-unsaturated/α-hetero) is 1. The molecule has 1 atom stereocenters. The molecule has 6 nitrogen and oxygen atoms in total. The van der Waals surface area contributed by atoms with E-state index >= 15 is 0 Å². The zero-order valence-corrected chi connectivity index (χ0v) is 20.4. The van der Waals surface area contributed by atoms with Crippen LogP contribution < -0.4 is 0 Å². The molecule has 0 bridgehead atoms. The summed E-state index contributed by atoms with van der Waals surface area (Å²) < 4.78 is 5.53. The van der Waals surface area contributed by atoms with Crippen LogP contribution in [0.2, 0.25) is 0 Å². The van der Waals surface area contributed by atoms with Crippen molar-refractivity contribution in [2.45, 2.75) is 64.8 Å². The van der Waals surface area contributed by atoms with E-state index in [-0.39, 0.29) is 11.8 Å². The Morgan fingerprint density at radius 1 is 1.09 bits per heavy atom. The highest BCUT2D eigenvalue weighted by Gasteiger charge is 2.40. The van der Waals surface area contributed by atoms with Crippen molar-refractivity contribution < 1.29 is 24.2 Å². The molecule has 2 heterocycles.